The van der Waals surface area contributed by atoms with Crippen molar-refractivity contribution < 1.29 is 58.5 Å². The van der Waals surface area contributed by atoms with Crippen LogP contribution in [0.15, 0.2) is 110 Å². The number of hydrogen-bond acceptors (Lipinski definition) is 3. The van der Waals surface area contributed by atoms with Gasteiger partial charge in [0, 0.05) is 62.1 Å². The van der Waals surface area contributed by atoms with E-state index in [1.165, 1.54) is 0 Å². The molecule has 5 nitrogen and oxygen atoms in total. The summed E-state index contributed by atoms with van der Waals surface area (Å²) < 4.78 is 10.0. The molecule has 0 saturated heterocycles. The van der Waals surface area contributed by atoms with Gasteiger partial charge in [0.05, 0.1) is 5.82 Å². The Labute approximate surface area is 265 Å². The fourth-order valence-electron chi connectivity index (χ4n) is 4.52. The zero-order chi connectivity index (χ0) is 24.6. The Morgan fingerprint density at radius 3 is 2.41 bits per heavy atom. The maximum absolute atomic E-state index is 6.20. The minimum atomic E-state index is 0. The molecule has 0 aliphatic rings. The van der Waals surface area contributed by atoms with Crippen molar-refractivity contribution in [3.8, 4) is 34.1 Å². The van der Waals surface area contributed by atoms with E-state index >= 15 is 0 Å². The molecule has 0 fully saturated rings. The second-order valence-corrected chi connectivity index (χ2v) is 8.47. The molecule has 0 aliphatic heterocycles. The quantitative estimate of drug-likeness (QED) is 0.178. The Morgan fingerprint density at radius 1 is 0.692 bits per heavy atom. The molecule has 3 heterocycles. The van der Waals surface area contributed by atoms with Crippen molar-refractivity contribution in [2.75, 3.05) is 0 Å². The molecule has 0 unspecified atom stereocenters. The van der Waals surface area contributed by atoms with Crippen LogP contribution >= 0.6 is 0 Å². The van der Waals surface area contributed by atoms with Crippen LogP contribution in [0, 0.1) is 24.3 Å². The molecular formula is C32H18N4OPtY-2. The molecule has 0 amide bonds. The first-order valence-electron chi connectivity index (χ1n) is 11.8. The molecule has 0 bridgehead atoms. The molecule has 4 aromatic carbocycles. The molecule has 187 valence electrons. The molecule has 1 radical (unpaired) electrons. The van der Waals surface area contributed by atoms with Crippen LogP contribution in [0.4, 0.5) is 0 Å². The first-order chi connectivity index (χ1) is 18.3. The first kappa shape index (κ1) is 27.2. The summed E-state index contributed by atoms with van der Waals surface area (Å²) in [4.78, 5) is 4.68. The SMILES string of the molecule is [Pt+2].[Y].[c-]1ccccc1-c1[c-]c(-n2c3[c-]c(Oc4[c-]c(-n5cccn5)ccc4)ccc3c3ccccc32)ncc1. The Hall–Kier alpha value is -3.37. The van der Waals surface area contributed by atoms with E-state index in [-0.39, 0.29) is 53.8 Å². The summed E-state index contributed by atoms with van der Waals surface area (Å²) in [6.07, 6.45) is 5.41. The van der Waals surface area contributed by atoms with Gasteiger partial charge < -0.3 is 9.30 Å². The summed E-state index contributed by atoms with van der Waals surface area (Å²) in [5.41, 5.74) is 4.57. The zero-order valence-corrected chi connectivity index (χ0v) is 25.6. The summed E-state index contributed by atoms with van der Waals surface area (Å²) in [6, 6.07) is 43.2. The molecule has 7 rings (SSSR count). The van der Waals surface area contributed by atoms with Gasteiger partial charge in [-0.05, 0) is 29.4 Å². The van der Waals surface area contributed by atoms with Gasteiger partial charge in [-0.25, -0.2) is 12.1 Å². The number of aromatic nitrogens is 4. The number of rotatable bonds is 5. The fourth-order valence-corrected chi connectivity index (χ4v) is 4.52. The Kier molecular flexibility index (Phi) is 8.23. The molecular weight excluding hydrogens is 740 g/mol. The van der Waals surface area contributed by atoms with E-state index < -0.39 is 0 Å². The van der Waals surface area contributed by atoms with Crippen molar-refractivity contribution in [1.82, 2.24) is 19.3 Å². The number of pyridine rings is 1. The molecule has 39 heavy (non-hydrogen) atoms. The van der Waals surface area contributed by atoms with E-state index in [9.17, 15) is 0 Å². The predicted octanol–water partition coefficient (Wildman–Crippen LogP) is 7.02. The van der Waals surface area contributed by atoms with Crippen LogP contribution in [0.1, 0.15) is 0 Å². The average molecular weight is 759 g/mol. The van der Waals surface area contributed by atoms with Gasteiger partial charge in [-0.15, -0.1) is 41.8 Å². The van der Waals surface area contributed by atoms with Gasteiger partial charge in [0.1, 0.15) is 0 Å². The van der Waals surface area contributed by atoms with Crippen LogP contribution in [0.25, 0.3) is 44.4 Å². The van der Waals surface area contributed by atoms with Gasteiger partial charge in [-0.3, -0.25) is 20.8 Å². The second-order valence-electron chi connectivity index (χ2n) is 8.47. The van der Waals surface area contributed by atoms with Crippen molar-refractivity contribution in [3.63, 3.8) is 0 Å². The molecule has 0 spiro atoms. The summed E-state index contributed by atoms with van der Waals surface area (Å²) in [6.45, 7) is 0. The molecule has 0 atom stereocenters. The van der Waals surface area contributed by atoms with Crippen molar-refractivity contribution >= 4 is 21.8 Å². The number of para-hydroxylation sites is 1. The predicted molar refractivity (Wildman–Crippen MR) is 143 cm³/mol. The van der Waals surface area contributed by atoms with E-state index in [0.717, 1.165) is 38.6 Å². The van der Waals surface area contributed by atoms with E-state index in [0.29, 0.717) is 17.3 Å². The van der Waals surface area contributed by atoms with Crippen LogP contribution in [-0.4, -0.2) is 19.3 Å². The Morgan fingerprint density at radius 2 is 1.56 bits per heavy atom. The van der Waals surface area contributed by atoms with Gasteiger partial charge in [0.2, 0.25) is 0 Å². The monoisotopic (exact) mass is 758 g/mol. The van der Waals surface area contributed by atoms with Crippen LogP contribution < -0.4 is 4.74 Å². The maximum Gasteiger partial charge on any atom is 2.00 e. The second kappa shape index (κ2) is 11.8. The third-order valence-electron chi connectivity index (χ3n) is 6.18. The largest absolute Gasteiger partial charge is 2.00 e. The van der Waals surface area contributed by atoms with Crippen molar-refractivity contribution in [3.05, 3.63) is 134 Å². The summed E-state index contributed by atoms with van der Waals surface area (Å²) in [5, 5.41) is 6.45. The van der Waals surface area contributed by atoms with Crippen LogP contribution in [0.5, 0.6) is 11.5 Å². The van der Waals surface area contributed by atoms with Crippen molar-refractivity contribution in [2.45, 2.75) is 0 Å². The normalized spacial score (nSPS) is 10.7. The molecule has 0 saturated carbocycles. The number of fused-ring (bicyclic) bond motifs is 3. The van der Waals surface area contributed by atoms with Crippen LogP contribution in [0.2, 0.25) is 0 Å². The summed E-state index contributed by atoms with van der Waals surface area (Å²) in [7, 11) is 0. The van der Waals surface area contributed by atoms with Gasteiger partial charge in [0.15, 0.2) is 0 Å². The van der Waals surface area contributed by atoms with Gasteiger partial charge in [-0.2, -0.15) is 41.5 Å². The molecule has 7 aromatic rings. The fraction of sp³-hybridized carbons (Fsp3) is 0. The van der Waals surface area contributed by atoms with Crippen molar-refractivity contribution in [1.29, 1.82) is 0 Å². The number of hydrogen-bond donors (Lipinski definition) is 0. The number of benzene rings is 4. The third-order valence-corrected chi connectivity index (χ3v) is 6.18. The van der Waals surface area contributed by atoms with E-state index in [1.807, 2.05) is 79.0 Å². The van der Waals surface area contributed by atoms with Crippen molar-refractivity contribution in [2.24, 2.45) is 0 Å². The molecule has 0 aliphatic carbocycles. The minimum absolute atomic E-state index is 0. The first-order valence-corrected chi connectivity index (χ1v) is 11.8. The third kappa shape index (κ3) is 5.27. The average Bonchev–Trinajstić information content (AvgIpc) is 3.61. The van der Waals surface area contributed by atoms with E-state index in [1.54, 1.807) is 17.1 Å². The summed E-state index contributed by atoms with van der Waals surface area (Å²) >= 11 is 0. The van der Waals surface area contributed by atoms with Crippen LogP contribution in [0.3, 0.4) is 0 Å². The molecule has 0 N–H and O–H groups in total. The topological polar surface area (TPSA) is 44.9 Å². The molecule has 3 aromatic heterocycles. The Bertz CT molecular complexity index is 1870. The van der Waals surface area contributed by atoms with Gasteiger partial charge >= 0.3 is 21.1 Å². The zero-order valence-electron chi connectivity index (χ0n) is 20.5. The van der Waals surface area contributed by atoms with Gasteiger partial charge in [-0.1, -0.05) is 23.7 Å². The number of nitrogens with zero attached hydrogens (tertiary/aromatic N) is 4. The van der Waals surface area contributed by atoms with Gasteiger partial charge in [0.25, 0.3) is 0 Å². The number of ether oxygens (including phenoxy) is 1. The standard InChI is InChI=1S/C32H18N4O.Pt.Y/c1-2-8-23(9-3-1)24-16-18-33-32(20-24)36-30-13-5-4-12-28(30)29-15-14-27(22-31(29)36)37-26-11-6-10-25(21-26)35-19-7-17-34-35;;/h1-8,10-19H;;/q-4;+2;. The van der Waals surface area contributed by atoms with E-state index in [4.69, 9.17) is 4.74 Å². The Balaban J connectivity index is 0.00000154. The smallest absolute Gasteiger partial charge is 0.509 e. The molecule has 7 heteroatoms. The maximum atomic E-state index is 6.20. The van der Waals surface area contributed by atoms with E-state index in [2.05, 4.69) is 57.1 Å². The summed E-state index contributed by atoms with van der Waals surface area (Å²) in [5.74, 6) is 1.84. The van der Waals surface area contributed by atoms with Crippen LogP contribution in [-0.2, 0) is 53.8 Å². The minimum Gasteiger partial charge on any atom is -0.509 e.